The molecular formula is C38H40N2O5. The van der Waals surface area contributed by atoms with Crippen LogP contribution in [-0.4, -0.2) is 48.9 Å². The van der Waals surface area contributed by atoms with Crippen molar-refractivity contribution in [3.8, 4) is 5.75 Å². The minimum absolute atomic E-state index is 0.0239. The van der Waals surface area contributed by atoms with Crippen LogP contribution in [0.25, 0.3) is 0 Å². The van der Waals surface area contributed by atoms with Crippen molar-refractivity contribution >= 4 is 23.3 Å². The van der Waals surface area contributed by atoms with E-state index in [-0.39, 0.29) is 11.7 Å². The largest absolute Gasteiger partial charge is 0.494 e. The van der Waals surface area contributed by atoms with Crippen molar-refractivity contribution in [3.05, 3.63) is 143 Å². The molecule has 0 radical (unpaired) electrons. The van der Waals surface area contributed by atoms with Gasteiger partial charge >= 0.3 is 5.97 Å². The highest BCUT2D eigenvalue weighted by Crippen LogP contribution is 2.22. The van der Waals surface area contributed by atoms with Gasteiger partial charge in [0.2, 0.25) is 5.91 Å². The van der Waals surface area contributed by atoms with E-state index in [4.69, 9.17) is 9.47 Å². The Kier molecular flexibility index (Phi) is 12.1. The Morgan fingerprint density at radius 1 is 0.867 bits per heavy atom. The third-order valence-electron chi connectivity index (χ3n) is 7.30. The number of nitrogens with zero attached hydrogens (tertiary/aromatic N) is 1. The Hall–Kier alpha value is -5.17. The molecule has 1 amide bonds. The fourth-order valence-corrected chi connectivity index (χ4v) is 5.02. The SMILES string of the molecule is C/C=C/C(=O)N(CCCOc1ccc(C[C@H](Nc2ccccc2C(=O)c2ccccc2)C(=O)OC)cc1)Cc1cccc(C)c1. The Labute approximate surface area is 265 Å². The number of hydrogen-bond donors (Lipinski definition) is 1. The molecule has 0 aliphatic heterocycles. The molecule has 0 spiro atoms. The van der Waals surface area contributed by atoms with Gasteiger partial charge in [0, 0.05) is 36.3 Å². The van der Waals surface area contributed by atoms with E-state index in [1.165, 1.54) is 7.11 Å². The predicted octanol–water partition coefficient (Wildman–Crippen LogP) is 6.80. The number of aryl methyl sites for hydroxylation is 1. The van der Waals surface area contributed by atoms with E-state index in [1.54, 1.807) is 42.5 Å². The van der Waals surface area contributed by atoms with Crippen molar-refractivity contribution < 1.29 is 23.9 Å². The summed E-state index contributed by atoms with van der Waals surface area (Å²) in [6, 6.07) is 31.2. The van der Waals surface area contributed by atoms with E-state index in [0.717, 1.165) is 16.7 Å². The van der Waals surface area contributed by atoms with E-state index in [0.29, 0.717) is 55.1 Å². The first-order chi connectivity index (χ1) is 21.9. The maximum Gasteiger partial charge on any atom is 0.328 e. The second-order valence-corrected chi connectivity index (χ2v) is 10.8. The highest BCUT2D eigenvalue weighted by Gasteiger charge is 2.22. The van der Waals surface area contributed by atoms with Gasteiger partial charge < -0.3 is 19.7 Å². The second kappa shape index (κ2) is 16.6. The lowest BCUT2D eigenvalue weighted by molar-refractivity contribution is -0.141. The van der Waals surface area contributed by atoms with Gasteiger partial charge in [-0.25, -0.2) is 4.79 Å². The second-order valence-electron chi connectivity index (χ2n) is 10.8. The van der Waals surface area contributed by atoms with E-state index in [1.807, 2.05) is 85.5 Å². The normalized spacial score (nSPS) is 11.5. The molecule has 0 heterocycles. The van der Waals surface area contributed by atoms with Crippen LogP contribution >= 0.6 is 0 Å². The predicted molar refractivity (Wildman–Crippen MR) is 177 cm³/mol. The zero-order valence-corrected chi connectivity index (χ0v) is 26.1. The summed E-state index contributed by atoms with van der Waals surface area (Å²) in [7, 11) is 1.35. The number of hydrogen-bond acceptors (Lipinski definition) is 6. The first-order valence-electron chi connectivity index (χ1n) is 15.1. The number of amides is 1. The number of anilines is 1. The minimum atomic E-state index is -0.708. The van der Waals surface area contributed by atoms with Gasteiger partial charge in [0.1, 0.15) is 11.8 Å². The lowest BCUT2D eigenvalue weighted by Gasteiger charge is -2.22. The summed E-state index contributed by atoms with van der Waals surface area (Å²) in [6.45, 7) is 5.44. The molecule has 7 nitrogen and oxygen atoms in total. The van der Waals surface area contributed by atoms with Gasteiger partial charge in [0.25, 0.3) is 0 Å². The quantitative estimate of drug-likeness (QED) is 0.0696. The number of allylic oxidation sites excluding steroid dienone is 1. The standard InChI is InChI=1S/C38H40N2O5/c1-4-12-36(41)40(27-30-14-10-13-28(2)25-30)23-11-24-45-32-21-19-29(20-22-32)26-35(38(43)44-3)39-34-18-9-8-17-33(34)37(42)31-15-6-5-7-16-31/h4-10,12-22,25,35,39H,11,23-24,26-27H2,1-3H3/b12-4+/t35-/m0/s1. The summed E-state index contributed by atoms with van der Waals surface area (Å²) in [5.74, 6) is 0.114. The van der Waals surface area contributed by atoms with Crippen LogP contribution in [0.15, 0.2) is 115 Å². The summed E-state index contributed by atoms with van der Waals surface area (Å²) in [5, 5.41) is 3.24. The molecule has 0 aromatic heterocycles. The number of methoxy groups -OCH3 is 1. The summed E-state index contributed by atoms with van der Waals surface area (Å²) >= 11 is 0. The van der Waals surface area contributed by atoms with Crippen LogP contribution in [0, 0.1) is 6.92 Å². The third kappa shape index (κ3) is 9.66. The van der Waals surface area contributed by atoms with E-state index < -0.39 is 12.0 Å². The Morgan fingerprint density at radius 3 is 2.31 bits per heavy atom. The summed E-state index contributed by atoms with van der Waals surface area (Å²) < 4.78 is 11.1. The first kappa shape index (κ1) is 32.7. The Balaban J connectivity index is 1.35. The maximum atomic E-state index is 13.2. The molecule has 0 aliphatic carbocycles. The average Bonchev–Trinajstić information content (AvgIpc) is 3.06. The van der Waals surface area contributed by atoms with Crippen molar-refractivity contribution in [1.29, 1.82) is 0 Å². The molecule has 0 saturated heterocycles. The van der Waals surface area contributed by atoms with Crippen molar-refractivity contribution in [2.75, 3.05) is 25.6 Å². The number of ether oxygens (including phenoxy) is 2. The molecule has 4 aromatic carbocycles. The van der Waals surface area contributed by atoms with Gasteiger partial charge in [0.05, 0.1) is 13.7 Å². The number of carbonyl (C=O) groups excluding carboxylic acids is 3. The van der Waals surface area contributed by atoms with Crippen molar-refractivity contribution in [3.63, 3.8) is 0 Å². The number of nitrogens with one attached hydrogen (secondary N) is 1. The van der Waals surface area contributed by atoms with Crippen molar-refractivity contribution in [1.82, 2.24) is 4.90 Å². The molecule has 232 valence electrons. The molecule has 1 N–H and O–H groups in total. The summed E-state index contributed by atoms with van der Waals surface area (Å²) in [4.78, 5) is 40.5. The van der Waals surface area contributed by atoms with Gasteiger partial charge in [-0.2, -0.15) is 0 Å². The topological polar surface area (TPSA) is 84.9 Å². The molecule has 0 fully saturated rings. The van der Waals surface area contributed by atoms with Crippen LogP contribution in [0.5, 0.6) is 5.75 Å². The molecule has 4 rings (SSSR count). The monoisotopic (exact) mass is 604 g/mol. The summed E-state index contributed by atoms with van der Waals surface area (Å²) in [5.41, 5.74) is 4.76. The average molecular weight is 605 g/mol. The summed E-state index contributed by atoms with van der Waals surface area (Å²) in [6.07, 6.45) is 4.37. The van der Waals surface area contributed by atoms with Crippen LogP contribution in [-0.2, 0) is 27.3 Å². The Bertz CT molecular complexity index is 1600. The highest BCUT2D eigenvalue weighted by molar-refractivity contribution is 6.12. The van der Waals surface area contributed by atoms with Crippen LogP contribution in [0.4, 0.5) is 5.69 Å². The molecular weight excluding hydrogens is 564 g/mol. The molecule has 1 atom stereocenters. The Morgan fingerprint density at radius 2 is 1.60 bits per heavy atom. The smallest absolute Gasteiger partial charge is 0.328 e. The lowest BCUT2D eigenvalue weighted by atomic mass is 10.00. The number of rotatable bonds is 15. The van der Waals surface area contributed by atoms with Crippen LogP contribution in [0.2, 0.25) is 0 Å². The van der Waals surface area contributed by atoms with E-state index in [9.17, 15) is 14.4 Å². The zero-order valence-electron chi connectivity index (χ0n) is 26.1. The molecule has 0 unspecified atom stereocenters. The van der Waals surface area contributed by atoms with Crippen LogP contribution < -0.4 is 10.1 Å². The van der Waals surface area contributed by atoms with Crippen LogP contribution in [0.3, 0.4) is 0 Å². The van der Waals surface area contributed by atoms with E-state index in [2.05, 4.69) is 11.4 Å². The molecule has 4 aromatic rings. The zero-order chi connectivity index (χ0) is 32.0. The third-order valence-corrected chi connectivity index (χ3v) is 7.30. The number of para-hydroxylation sites is 1. The molecule has 0 aliphatic rings. The first-order valence-corrected chi connectivity index (χ1v) is 15.1. The lowest BCUT2D eigenvalue weighted by Crippen LogP contribution is -2.33. The minimum Gasteiger partial charge on any atom is -0.494 e. The van der Waals surface area contributed by atoms with Gasteiger partial charge in [-0.1, -0.05) is 90.5 Å². The fourth-order valence-electron chi connectivity index (χ4n) is 5.02. The maximum absolute atomic E-state index is 13.2. The number of carbonyl (C=O) groups is 3. The van der Waals surface area contributed by atoms with Crippen LogP contribution in [0.1, 0.15) is 46.0 Å². The fraction of sp³-hybridized carbons (Fsp3) is 0.237. The van der Waals surface area contributed by atoms with Crippen molar-refractivity contribution in [2.24, 2.45) is 0 Å². The number of esters is 1. The molecule has 0 bridgehead atoms. The highest BCUT2D eigenvalue weighted by atomic mass is 16.5. The number of ketones is 1. The molecule has 45 heavy (non-hydrogen) atoms. The van der Waals surface area contributed by atoms with Crippen molar-refractivity contribution in [2.45, 2.75) is 39.3 Å². The van der Waals surface area contributed by atoms with Gasteiger partial charge in [-0.3, -0.25) is 9.59 Å². The van der Waals surface area contributed by atoms with E-state index >= 15 is 0 Å². The van der Waals surface area contributed by atoms with Gasteiger partial charge in [-0.05, 0) is 61.7 Å². The number of benzene rings is 4. The van der Waals surface area contributed by atoms with Gasteiger partial charge in [0.15, 0.2) is 5.78 Å². The molecule has 0 saturated carbocycles. The molecule has 7 heteroatoms. The van der Waals surface area contributed by atoms with Gasteiger partial charge in [-0.15, -0.1) is 0 Å².